The van der Waals surface area contributed by atoms with Gasteiger partial charge < -0.3 is 9.64 Å². The number of aromatic nitrogens is 1. The van der Waals surface area contributed by atoms with Gasteiger partial charge in [-0.3, -0.25) is 14.7 Å². The highest BCUT2D eigenvalue weighted by molar-refractivity contribution is 5.86. The fourth-order valence-corrected chi connectivity index (χ4v) is 3.36. The molecule has 6 nitrogen and oxygen atoms in total. The molecular weight excluding hydrogens is 330 g/mol. The molecule has 2 fully saturated rings. The monoisotopic (exact) mass is 359 g/mol. The molecule has 0 radical (unpaired) electrons. The van der Waals surface area contributed by atoms with Crippen molar-refractivity contribution in [2.75, 3.05) is 6.54 Å². The third-order valence-electron chi connectivity index (χ3n) is 4.75. The number of rotatable bonds is 4. The topological polar surface area (TPSA) is 62.7 Å². The van der Waals surface area contributed by atoms with Crippen LogP contribution in [0.3, 0.4) is 0 Å². The van der Waals surface area contributed by atoms with Crippen molar-refractivity contribution >= 4 is 12.0 Å². The highest BCUT2D eigenvalue weighted by atomic mass is 16.6. The number of likely N-dealkylation sites (tertiary alicyclic amines) is 1. The number of carbonyl (C=O) groups excluding carboxylic acids is 2. The van der Waals surface area contributed by atoms with Crippen molar-refractivity contribution in [3.63, 3.8) is 0 Å². The largest absolute Gasteiger partial charge is 0.444 e. The van der Waals surface area contributed by atoms with Gasteiger partial charge in [-0.15, -0.1) is 0 Å². The van der Waals surface area contributed by atoms with Crippen LogP contribution in [-0.4, -0.2) is 51.0 Å². The third kappa shape index (κ3) is 4.74. The van der Waals surface area contributed by atoms with Crippen molar-refractivity contribution in [3.05, 3.63) is 30.1 Å². The summed E-state index contributed by atoms with van der Waals surface area (Å²) in [5, 5.41) is 0. The van der Waals surface area contributed by atoms with E-state index in [9.17, 15) is 9.59 Å². The number of carbonyl (C=O) groups is 2. The van der Waals surface area contributed by atoms with Gasteiger partial charge in [0.15, 0.2) is 0 Å². The Morgan fingerprint density at radius 3 is 2.62 bits per heavy atom. The van der Waals surface area contributed by atoms with Crippen LogP contribution < -0.4 is 0 Å². The Bertz CT molecular complexity index is 637. The maximum atomic E-state index is 13.3. The lowest BCUT2D eigenvalue weighted by Crippen LogP contribution is -2.54. The molecule has 0 unspecified atom stereocenters. The fourth-order valence-electron chi connectivity index (χ4n) is 3.36. The van der Waals surface area contributed by atoms with E-state index in [0.717, 1.165) is 31.4 Å². The molecule has 0 spiro atoms. The summed E-state index contributed by atoms with van der Waals surface area (Å²) in [6.45, 7) is 6.63. The third-order valence-corrected chi connectivity index (χ3v) is 4.75. The van der Waals surface area contributed by atoms with Gasteiger partial charge in [0, 0.05) is 18.8 Å². The van der Waals surface area contributed by atoms with E-state index >= 15 is 0 Å². The lowest BCUT2D eigenvalue weighted by molar-refractivity contribution is -0.139. The Kier molecular flexibility index (Phi) is 5.49. The van der Waals surface area contributed by atoms with Gasteiger partial charge in [0.05, 0.1) is 12.2 Å². The van der Waals surface area contributed by atoms with Crippen molar-refractivity contribution in [1.82, 2.24) is 14.8 Å². The molecule has 1 aliphatic carbocycles. The molecule has 0 aromatic carbocycles. The zero-order valence-electron chi connectivity index (χ0n) is 16.0. The number of nitrogens with zero attached hydrogens (tertiary/aromatic N) is 3. The summed E-state index contributed by atoms with van der Waals surface area (Å²) in [7, 11) is 0. The zero-order valence-corrected chi connectivity index (χ0v) is 16.0. The lowest BCUT2D eigenvalue weighted by Gasteiger charge is -2.38. The minimum absolute atomic E-state index is 0.0312. The van der Waals surface area contributed by atoms with Gasteiger partial charge >= 0.3 is 6.09 Å². The van der Waals surface area contributed by atoms with Gasteiger partial charge in [-0.1, -0.05) is 6.07 Å². The van der Waals surface area contributed by atoms with E-state index in [0.29, 0.717) is 19.5 Å². The van der Waals surface area contributed by atoms with Crippen molar-refractivity contribution in [2.45, 2.75) is 77.1 Å². The standard InChI is InChI=1S/C20H29N3O3/c1-20(2,3)26-19(25)22-13-7-5-9-17(22)18(24)23(16-10-11-16)14-15-8-4-6-12-21-15/h4,6,8,12,16-17H,5,7,9-11,13-14H2,1-3H3/t17-/m1/s1. The first-order chi connectivity index (χ1) is 12.3. The number of amides is 2. The van der Waals surface area contributed by atoms with E-state index < -0.39 is 11.6 Å². The molecule has 1 aromatic rings. The van der Waals surface area contributed by atoms with Crippen LogP contribution in [-0.2, 0) is 16.1 Å². The second-order valence-corrected chi connectivity index (χ2v) is 8.20. The lowest BCUT2D eigenvalue weighted by atomic mass is 10.0. The smallest absolute Gasteiger partial charge is 0.410 e. The van der Waals surface area contributed by atoms with Crippen LogP contribution in [0.15, 0.2) is 24.4 Å². The van der Waals surface area contributed by atoms with Gasteiger partial charge in [0.1, 0.15) is 11.6 Å². The summed E-state index contributed by atoms with van der Waals surface area (Å²) in [4.78, 5) is 33.8. The molecule has 2 heterocycles. The fraction of sp³-hybridized carbons (Fsp3) is 0.650. The second-order valence-electron chi connectivity index (χ2n) is 8.20. The Labute approximate surface area is 155 Å². The molecule has 2 aliphatic rings. The van der Waals surface area contributed by atoms with Gasteiger partial charge in [-0.05, 0) is 65.0 Å². The Morgan fingerprint density at radius 2 is 2.00 bits per heavy atom. The first-order valence-corrected chi connectivity index (χ1v) is 9.55. The summed E-state index contributed by atoms with van der Waals surface area (Å²) in [5.74, 6) is 0.0312. The number of hydrogen-bond donors (Lipinski definition) is 0. The van der Waals surface area contributed by atoms with E-state index in [1.807, 2.05) is 43.9 Å². The maximum Gasteiger partial charge on any atom is 0.410 e. The van der Waals surface area contributed by atoms with E-state index in [1.165, 1.54) is 0 Å². The maximum absolute atomic E-state index is 13.3. The highest BCUT2D eigenvalue weighted by Crippen LogP contribution is 2.31. The van der Waals surface area contributed by atoms with E-state index in [4.69, 9.17) is 4.74 Å². The second kappa shape index (κ2) is 7.64. The van der Waals surface area contributed by atoms with Crippen LogP contribution >= 0.6 is 0 Å². The van der Waals surface area contributed by atoms with E-state index in [1.54, 1.807) is 11.1 Å². The summed E-state index contributed by atoms with van der Waals surface area (Å²) in [5.41, 5.74) is 0.319. The molecule has 1 aromatic heterocycles. The number of pyridine rings is 1. The van der Waals surface area contributed by atoms with Crippen molar-refractivity contribution in [3.8, 4) is 0 Å². The molecule has 1 aliphatic heterocycles. The summed E-state index contributed by atoms with van der Waals surface area (Å²) in [6, 6.07) is 5.59. The Balaban J connectivity index is 1.74. The summed E-state index contributed by atoms with van der Waals surface area (Å²) in [6.07, 6.45) is 5.98. The molecular formula is C20H29N3O3. The molecule has 0 N–H and O–H groups in total. The molecule has 3 rings (SSSR count). The van der Waals surface area contributed by atoms with Crippen LogP contribution in [0.2, 0.25) is 0 Å². The molecule has 0 bridgehead atoms. The first-order valence-electron chi connectivity index (χ1n) is 9.55. The molecule has 6 heteroatoms. The van der Waals surface area contributed by atoms with Crippen molar-refractivity contribution in [2.24, 2.45) is 0 Å². The average molecular weight is 359 g/mol. The molecule has 1 atom stereocenters. The summed E-state index contributed by atoms with van der Waals surface area (Å²) < 4.78 is 5.54. The van der Waals surface area contributed by atoms with Gasteiger partial charge in [-0.2, -0.15) is 0 Å². The van der Waals surface area contributed by atoms with Gasteiger partial charge in [-0.25, -0.2) is 4.79 Å². The molecule has 1 saturated heterocycles. The normalized spacial score (nSPS) is 20.6. The van der Waals surface area contributed by atoms with Crippen LogP contribution in [0.5, 0.6) is 0 Å². The quantitative estimate of drug-likeness (QED) is 0.827. The SMILES string of the molecule is CC(C)(C)OC(=O)N1CCCC[C@@H]1C(=O)N(Cc1ccccn1)C1CC1. The average Bonchev–Trinajstić information content (AvgIpc) is 3.43. The van der Waals surface area contributed by atoms with Crippen LogP contribution in [0.1, 0.15) is 58.6 Å². The predicted molar refractivity (Wildman–Crippen MR) is 98.4 cm³/mol. The van der Waals surface area contributed by atoms with E-state index in [2.05, 4.69) is 4.98 Å². The van der Waals surface area contributed by atoms with Crippen LogP contribution in [0.25, 0.3) is 0 Å². The van der Waals surface area contributed by atoms with Crippen molar-refractivity contribution < 1.29 is 14.3 Å². The molecule has 1 saturated carbocycles. The van der Waals surface area contributed by atoms with Crippen LogP contribution in [0.4, 0.5) is 4.79 Å². The van der Waals surface area contributed by atoms with Gasteiger partial charge in [0.2, 0.25) is 5.91 Å². The first kappa shape index (κ1) is 18.7. The highest BCUT2D eigenvalue weighted by Gasteiger charge is 2.41. The summed E-state index contributed by atoms with van der Waals surface area (Å²) >= 11 is 0. The molecule has 2 amide bonds. The number of piperidine rings is 1. The minimum Gasteiger partial charge on any atom is -0.444 e. The van der Waals surface area contributed by atoms with Crippen molar-refractivity contribution in [1.29, 1.82) is 0 Å². The van der Waals surface area contributed by atoms with Gasteiger partial charge in [0.25, 0.3) is 0 Å². The molecule has 142 valence electrons. The minimum atomic E-state index is -0.563. The number of ether oxygens (including phenoxy) is 1. The van der Waals surface area contributed by atoms with Crippen LogP contribution in [0, 0.1) is 0 Å². The zero-order chi connectivity index (χ0) is 18.7. The molecule has 26 heavy (non-hydrogen) atoms. The Hall–Kier alpha value is -2.11. The Morgan fingerprint density at radius 1 is 1.23 bits per heavy atom. The van der Waals surface area contributed by atoms with E-state index in [-0.39, 0.29) is 18.0 Å². The predicted octanol–water partition coefficient (Wildman–Crippen LogP) is 3.36. The number of hydrogen-bond acceptors (Lipinski definition) is 4.